The van der Waals surface area contributed by atoms with Crippen LogP contribution in [0.3, 0.4) is 0 Å². The average Bonchev–Trinajstić information content (AvgIpc) is 3.11. The molecular formula is C16H10F2N4O3. The van der Waals surface area contributed by atoms with Gasteiger partial charge in [0.1, 0.15) is 23.8 Å². The molecule has 3 aromatic rings. The van der Waals surface area contributed by atoms with Gasteiger partial charge in [0.25, 0.3) is 6.43 Å². The largest absolute Gasteiger partial charge is 0.481 e. The van der Waals surface area contributed by atoms with Crippen molar-refractivity contribution in [3.63, 3.8) is 0 Å². The molecule has 0 atom stereocenters. The van der Waals surface area contributed by atoms with Crippen molar-refractivity contribution >= 4 is 0 Å². The van der Waals surface area contributed by atoms with Crippen LogP contribution in [0.2, 0.25) is 0 Å². The molecule has 0 aliphatic carbocycles. The van der Waals surface area contributed by atoms with Crippen LogP contribution >= 0.6 is 0 Å². The highest BCUT2D eigenvalue weighted by Gasteiger charge is 2.21. The fraction of sp³-hybridized carbons (Fsp3) is 0.125. The number of hydrogen-bond donors (Lipinski definition) is 0. The SMILES string of the molecule is COc1cc(Oc2cccc(C#N)c2-c2cc(C(F)F)no2)ncn1. The maximum absolute atomic E-state index is 12.8. The lowest BCUT2D eigenvalue weighted by Crippen LogP contribution is -1.95. The Morgan fingerprint density at radius 3 is 2.68 bits per heavy atom. The van der Waals surface area contributed by atoms with E-state index in [0.29, 0.717) is 0 Å². The minimum Gasteiger partial charge on any atom is -0.481 e. The number of methoxy groups -OCH3 is 1. The van der Waals surface area contributed by atoms with Crippen LogP contribution < -0.4 is 9.47 Å². The summed E-state index contributed by atoms with van der Waals surface area (Å²) in [5, 5.41) is 12.6. The Balaban J connectivity index is 2.06. The van der Waals surface area contributed by atoms with Gasteiger partial charge in [-0.1, -0.05) is 11.2 Å². The fourth-order valence-electron chi connectivity index (χ4n) is 2.08. The Hall–Kier alpha value is -3.54. The summed E-state index contributed by atoms with van der Waals surface area (Å²) in [5.41, 5.74) is -0.158. The Kier molecular flexibility index (Phi) is 4.52. The van der Waals surface area contributed by atoms with Gasteiger partial charge >= 0.3 is 0 Å². The van der Waals surface area contributed by atoms with Crippen molar-refractivity contribution < 1.29 is 22.8 Å². The maximum atomic E-state index is 12.8. The van der Waals surface area contributed by atoms with Gasteiger partial charge in [-0.3, -0.25) is 0 Å². The molecule has 1 aromatic carbocycles. The Morgan fingerprint density at radius 1 is 1.20 bits per heavy atom. The zero-order valence-corrected chi connectivity index (χ0v) is 12.8. The first-order valence-electron chi connectivity index (χ1n) is 6.94. The first kappa shape index (κ1) is 16.3. The number of alkyl halides is 2. The molecule has 0 aliphatic rings. The Bertz CT molecular complexity index is 937. The highest BCUT2D eigenvalue weighted by atomic mass is 19.3. The van der Waals surface area contributed by atoms with Crippen molar-refractivity contribution in [2.75, 3.05) is 7.11 Å². The van der Waals surface area contributed by atoms with Gasteiger partial charge in [-0.05, 0) is 12.1 Å². The molecule has 2 heterocycles. The summed E-state index contributed by atoms with van der Waals surface area (Å²) < 4.78 is 41.1. The quantitative estimate of drug-likeness (QED) is 0.696. The number of nitrogens with zero attached hydrogens (tertiary/aromatic N) is 4. The molecule has 3 rings (SSSR count). The number of benzene rings is 1. The van der Waals surface area contributed by atoms with Crippen molar-refractivity contribution in [1.82, 2.24) is 15.1 Å². The number of aromatic nitrogens is 3. The lowest BCUT2D eigenvalue weighted by molar-refractivity contribution is 0.140. The summed E-state index contributed by atoms with van der Waals surface area (Å²) >= 11 is 0. The lowest BCUT2D eigenvalue weighted by Gasteiger charge is -2.10. The normalized spacial score (nSPS) is 10.5. The molecule has 9 heteroatoms. The second kappa shape index (κ2) is 6.92. The number of nitriles is 1. The van der Waals surface area contributed by atoms with Gasteiger partial charge < -0.3 is 14.0 Å². The predicted molar refractivity (Wildman–Crippen MR) is 80.3 cm³/mol. The van der Waals surface area contributed by atoms with E-state index in [0.717, 1.165) is 6.07 Å². The molecule has 0 aliphatic heterocycles. The van der Waals surface area contributed by atoms with E-state index < -0.39 is 12.1 Å². The maximum Gasteiger partial charge on any atom is 0.283 e. The molecule has 0 fully saturated rings. The number of ether oxygens (including phenoxy) is 2. The molecule has 0 bridgehead atoms. The van der Waals surface area contributed by atoms with Crippen molar-refractivity contribution in [3.05, 3.63) is 47.9 Å². The summed E-state index contributed by atoms with van der Waals surface area (Å²) in [7, 11) is 1.44. The van der Waals surface area contributed by atoms with Crippen LogP contribution in [0.5, 0.6) is 17.5 Å². The van der Waals surface area contributed by atoms with E-state index in [9.17, 15) is 14.0 Å². The minimum atomic E-state index is -2.79. The molecule has 0 radical (unpaired) electrons. The van der Waals surface area contributed by atoms with Gasteiger partial charge in [-0.2, -0.15) is 5.26 Å². The highest BCUT2D eigenvalue weighted by molar-refractivity contribution is 5.73. The zero-order valence-electron chi connectivity index (χ0n) is 12.8. The molecule has 7 nitrogen and oxygen atoms in total. The number of rotatable bonds is 5. The molecular weight excluding hydrogens is 334 g/mol. The Morgan fingerprint density at radius 2 is 2.00 bits per heavy atom. The third-order valence-electron chi connectivity index (χ3n) is 3.19. The monoisotopic (exact) mass is 344 g/mol. The second-order valence-electron chi connectivity index (χ2n) is 4.71. The van der Waals surface area contributed by atoms with Crippen LogP contribution in [-0.4, -0.2) is 22.2 Å². The smallest absolute Gasteiger partial charge is 0.283 e. The fourth-order valence-corrected chi connectivity index (χ4v) is 2.08. The van der Waals surface area contributed by atoms with E-state index in [1.54, 1.807) is 12.1 Å². The predicted octanol–water partition coefficient (Wildman–Crippen LogP) is 3.74. The van der Waals surface area contributed by atoms with E-state index in [1.807, 2.05) is 6.07 Å². The molecule has 126 valence electrons. The van der Waals surface area contributed by atoms with Crippen molar-refractivity contribution in [2.45, 2.75) is 6.43 Å². The molecule has 25 heavy (non-hydrogen) atoms. The highest BCUT2D eigenvalue weighted by Crippen LogP contribution is 2.37. The van der Waals surface area contributed by atoms with Crippen LogP contribution in [0.15, 0.2) is 41.2 Å². The van der Waals surface area contributed by atoms with E-state index in [2.05, 4.69) is 15.1 Å². The summed E-state index contributed by atoms with van der Waals surface area (Å²) in [5.74, 6) is 0.611. The standard InChI is InChI=1S/C16H10F2N4O3/c1-23-13-6-14(21-8-20-13)24-11-4-2-3-9(7-19)15(11)12-5-10(16(17)18)22-25-12/h2-6,8,16H,1H3. The van der Waals surface area contributed by atoms with E-state index >= 15 is 0 Å². The molecule has 2 aromatic heterocycles. The van der Waals surface area contributed by atoms with Crippen LogP contribution in [-0.2, 0) is 0 Å². The molecule has 0 saturated heterocycles. The number of halogens is 2. The summed E-state index contributed by atoms with van der Waals surface area (Å²) in [6.07, 6.45) is -1.55. The molecule has 0 amide bonds. The first-order valence-corrected chi connectivity index (χ1v) is 6.94. The van der Waals surface area contributed by atoms with Crippen LogP contribution in [0.1, 0.15) is 17.7 Å². The minimum absolute atomic E-state index is 0.0107. The van der Waals surface area contributed by atoms with Crippen molar-refractivity contribution in [1.29, 1.82) is 5.26 Å². The van der Waals surface area contributed by atoms with Gasteiger partial charge in [-0.15, -0.1) is 0 Å². The second-order valence-corrected chi connectivity index (χ2v) is 4.71. The van der Waals surface area contributed by atoms with Gasteiger partial charge in [0.05, 0.1) is 24.3 Å². The topological polar surface area (TPSA) is 94.1 Å². The molecule has 0 saturated carbocycles. The van der Waals surface area contributed by atoms with Gasteiger partial charge in [-0.25, -0.2) is 18.7 Å². The van der Waals surface area contributed by atoms with Crippen molar-refractivity contribution in [3.8, 4) is 34.9 Å². The summed E-state index contributed by atoms with van der Waals surface area (Å²) in [4.78, 5) is 7.80. The van der Waals surface area contributed by atoms with Crippen LogP contribution in [0.25, 0.3) is 11.3 Å². The summed E-state index contributed by atoms with van der Waals surface area (Å²) in [6.45, 7) is 0. The third-order valence-corrected chi connectivity index (χ3v) is 3.19. The molecule has 0 unspecified atom stereocenters. The first-order chi connectivity index (χ1) is 12.1. The van der Waals surface area contributed by atoms with Gasteiger partial charge in [0.2, 0.25) is 11.8 Å². The van der Waals surface area contributed by atoms with Gasteiger partial charge in [0.15, 0.2) is 5.76 Å². The van der Waals surface area contributed by atoms with Crippen molar-refractivity contribution in [2.24, 2.45) is 0 Å². The Labute approximate surface area is 140 Å². The van der Waals surface area contributed by atoms with Crippen LogP contribution in [0.4, 0.5) is 8.78 Å². The zero-order chi connectivity index (χ0) is 17.8. The van der Waals surface area contributed by atoms with E-state index in [1.165, 1.54) is 25.6 Å². The lowest BCUT2D eigenvalue weighted by atomic mass is 10.0. The molecule has 0 spiro atoms. The van der Waals surface area contributed by atoms with E-state index in [-0.39, 0.29) is 34.4 Å². The summed E-state index contributed by atoms with van der Waals surface area (Å²) in [6, 6.07) is 9.11. The average molecular weight is 344 g/mol. The van der Waals surface area contributed by atoms with E-state index in [4.69, 9.17) is 14.0 Å². The van der Waals surface area contributed by atoms with Gasteiger partial charge in [0, 0.05) is 6.07 Å². The third kappa shape index (κ3) is 3.37. The number of hydrogen-bond acceptors (Lipinski definition) is 7. The molecule has 0 N–H and O–H groups in total. The van der Waals surface area contributed by atoms with Crippen LogP contribution in [0, 0.1) is 11.3 Å².